The van der Waals surface area contributed by atoms with Crippen LogP contribution in [0.15, 0.2) is 53.4 Å². The van der Waals surface area contributed by atoms with Crippen LogP contribution in [-0.2, 0) is 11.3 Å². The minimum atomic E-state index is -0.0395. The summed E-state index contributed by atoms with van der Waals surface area (Å²) in [6.45, 7) is 0.529. The summed E-state index contributed by atoms with van der Waals surface area (Å²) >= 11 is 1.54. The zero-order valence-corrected chi connectivity index (χ0v) is 15.4. The molecule has 1 aliphatic heterocycles. The molecule has 2 aromatic carbocycles. The predicted octanol–water partition coefficient (Wildman–Crippen LogP) is 4.00. The molecular weight excluding hydrogens is 344 g/mol. The first kappa shape index (κ1) is 17.2. The Kier molecular flexibility index (Phi) is 4.98. The van der Waals surface area contributed by atoms with Crippen LogP contribution in [0.5, 0.6) is 0 Å². The number of anilines is 1. The van der Waals surface area contributed by atoms with E-state index in [9.17, 15) is 9.59 Å². The third-order valence-corrected chi connectivity index (χ3v) is 6.09. The van der Waals surface area contributed by atoms with E-state index < -0.39 is 0 Å². The number of carbonyl (C=O) groups excluding carboxylic acids is 2. The van der Waals surface area contributed by atoms with Gasteiger partial charge in [0.2, 0.25) is 5.91 Å². The lowest BCUT2D eigenvalue weighted by molar-refractivity contribution is -0.116. The summed E-state index contributed by atoms with van der Waals surface area (Å²) in [4.78, 5) is 28.0. The molecule has 0 saturated heterocycles. The largest absolute Gasteiger partial charge is 0.349 e. The molecule has 0 bridgehead atoms. The van der Waals surface area contributed by atoms with Gasteiger partial charge in [-0.1, -0.05) is 43.2 Å². The van der Waals surface area contributed by atoms with Gasteiger partial charge in [-0.25, -0.2) is 0 Å². The molecule has 1 fully saturated rings. The number of fused-ring (bicyclic) bond motifs is 1. The number of nitrogens with one attached hydrogen (secondary N) is 1. The average Bonchev–Trinajstić information content (AvgIpc) is 3.17. The highest BCUT2D eigenvalue weighted by Gasteiger charge is 2.26. The van der Waals surface area contributed by atoms with Crippen molar-refractivity contribution in [1.82, 2.24) is 5.32 Å². The first-order chi connectivity index (χ1) is 12.7. The van der Waals surface area contributed by atoms with Crippen LogP contribution in [-0.4, -0.2) is 23.6 Å². The normalized spacial score (nSPS) is 17.2. The number of hydrogen-bond donors (Lipinski definition) is 1. The minimum absolute atomic E-state index is 0.0395. The quantitative estimate of drug-likeness (QED) is 0.890. The molecule has 2 aromatic rings. The number of thioether (sulfide) groups is 1. The lowest BCUT2D eigenvalue weighted by Gasteiger charge is -2.29. The summed E-state index contributed by atoms with van der Waals surface area (Å²) in [6, 6.07) is 16.0. The van der Waals surface area contributed by atoms with E-state index in [-0.39, 0.29) is 17.9 Å². The van der Waals surface area contributed by atoms with Crippen molar-refractivity contribution in [2.24, 2.45) is 0 Å². The predicted molar refractivity (Wildman–Crippen MR) is 105 cm³/mol. The Hall–Kier alpha value is -2.27. The molecule has 4 rings (SSSR count). The third-order valence-electron chi connectivity index (χ3n) is 5.04. The van der Waals surface area contributed by atoms with Gasteiger partial charge < -0.3 is 10.2 Å². The highest BCUT2D eigenvalue weighted by atomic mass is 32.2. The maximum Gasteiger partial charge on any atom is 0.251 e. The molecule has 26 heavy (non-hydrogen) atoms. The summed E-state index contributed by atoms with van der Waals surface area (Å²) in [5, 5.41) is 3.13. The Balaban J connectivity index is 1.59. The van der Waals surface area contributed by atoms with Crippen molar-refractivity contribution in [3.05, 3.63) is 59.7 Å². The third kappa shape index (κ3) is 3.63. The van der Waals surface area contributed by atoms with Crippen LogP contribution in [0.3, 0.4) is 0 Å². The van der Waals surface area contributed by atoms with Gasteiger partial charge in [-0.05, 0) is 36.6 Å². The number of hydrogen-bond acceptors (Lipinski definition) is 3. The summed E-state index contributed by atoms with van der Waals surface area (Å²) in [5.74, 6) is 0.482. The lowest BCUT2D eigenvalue weighted by atomic mass is 10.1. The van der Waals surface area contributed by atoms with Gasteiger partial charge in [0.1, 0.15) is 0 Å². The second-order valence-corrected chi connectivity index (χ2v) is 7.91. The molecule has 1 saturated carbocycles. The minimum Gasteiger partial charge on any atom is -0.349 e. The Morgan fingerprint density at radius 1 is 1.12 bits per heavy atom. The van der Waals surface area contributed by atoms with Crippen molar-refractivity contribution in [2.75, 3.05) is 10.7 Å². The van der Waals surface area contributed by atoms with Gasteiger partial charge in [-0.3, -0.25) is 9.59 Å². The highest BCUT2D eigenvalue weighted by Crippen LogP contribution is 2.37. The van der Waals surface area contributed by atoms with Gasteiger partial charge >= 0.3 is 0 Å². The molecule has 1 aliphatic carbocycles. The van der Waals surface area contributed by atoms with Gasteiger partial charge in [0, 0.05) is 16.5 Å². The number of carbonyl (C=O) groups is 2. The van der Waals surface area contributed by atoms with E-state index in [2.05, 4.69) is 5.32 Å². The van der Waals surface area contributed by atoms with Gasteiger partial charge in [-0.15, -0.1) is 11.8 Å². The number of nitrogens with zero attached hydrogens (tertiary/aromatic N) is 1. The van der Waals surface area contributed by atoms with E-state index in [1.165, 1.54) is 12.8 Å². The average molecular weight is 366 g/mol. The molecule has 5 heteroatoms. The van der Waals surface area contributed by atoms with Crippen molar-refractivity contribution >= 4 is 29.3 Å². The fraction of sp³-hybridized carbons (Fsp3) is 0.333. The highest BCUT2D eigenvalue weighted by molar-refractivity contribution is 8.00. The zero-order chi connectivity index (χ0) is 17.9. The van der Waals surface area contributed by atoms with Crippen molar-refractivity contribution in [3.63, 3.8) is 0 Å². The fourth-order valence-electron chi connectivity index (χ4n) is 3.62. The fourth-order valence-corrected chi connectivity index (χ4v) is 4.54. The van der Waals surface area contributed by atoms with Crippen LogP contribution >= 0.6 is 11.8 Å². The molecule has 2 aliphatic rings. The van der Waals surface area contributed by atoms with Crippen molar-refractivity contribution in [1.29, 1.82) is 0 Å². The van der Waals surface area contributed by atoms with Gasteiger partial charge in [0.05, 0.1) is 18.0 Å². The van der Waals surface area contributed by atoms with Gasteiger partial charge in [-0.2, -0.15) is 0 Å². The zero-order valence-electron chi connectivity index (χ0n) is 14.6. The molecule has 0 unspecified atom stereocenters. The monoisotopic (exact) mass is 366 g/mol. The molecule has 2 amide bonds. The summed E-state index contributed by atoms with van der Waals surface area (Å²) in [5.41, 5.74) is 2.55. The molecule has 1 heterocycles. The molecule has 0 radical (unpaired) electrons. The standard InChI is InChI=1S/C21H22N2O2S/c24-20-14-26-19-11-10-16(21(25)22-17-8-4-5-9-17)12-18(19)23(20)13-15-6-2-1-3-7-15/h1-3,6-7,10-12,17H,4-5,8-9,13-14H2,(H,22,25). The Morgan fingerprint density at radius 3 is 2.65 bits per heavy atom. The van der Waals surface area contributed by atoms with E-state index in [0.717, 1.165) is 29.0 Å². The van der Waals surface area contributed by atoms with Crippen molar-refractivity contribution in [2.45, 2.75) is 43.2 Å². The van der Waals surface area contributed by atoms with Crippen LogP contribution in [0, 0.1) is 0 Å². The summed E-state index contributed by atoms with van der Waals surface area (Å²) < 4.78 is 0. The maximum absolute atomic E-state index is 12.6. The Morgan fingerprint density at radius 2 is 1.88 bits per heavy atom. The van der Waals surface area contributed by atoms with E-state index in [0.29, 0.717) is 17.9 Å². The maximum atomic E-state index is 12.6. The molecule has 4 nitrogen and oxygen atoms in total. The molecule has 1 N–H and O–H groups in total. The Bertz CT molecular complexity index is 816. The number of amides is 2. The summed E-state index contributed by atoms with van der Waals surface area (Å²) in [7, 11) is 0. The van der Waals surface area contributed by atoms with Crippen LogP contribution < -0.4 is 10.2 Å². The van der Waals surface area contributed by atoms with Crippen molar-refractivity contribution in [3.8, 4) is 0 Å². The molecule has 134 valence electrons. The summed E-state index contributed by atoms with van der Waals surface area (Å²) in [6.07, 6.45) is 4.49. The molecule has 0 aromatic heterocycles. The first-order valence-corrected chi connectivity index (χ1v) is 10.1. The molecule has 0 spiro atoms. The van der Waals surface area contributed by atoms with Gasteiger partial charge in [0.25, 0.3) is 5.91 Å². The van der Waals surface area contributed by atoms with E-state index in [4.69, 9.17) is 0 Å². The number of rotatable bonds is 4. The number of benzene rings is 2. The van der Waals surface area contributed by atoms with E-state index in [1.54, 1.807) is 16.7 Å². The second kappa shape index (κ2) is 7.54. The topological polar surface area (TPSA) is 49.4 Å². The van der Waals surface area contributed by atoms with Crippen LogP contribution in [0.4, 0.5) is 5.69 Å². The molecular formula is C21H22N2O2S. The van der Waals surface area contributed by atoms with Crippen LogP contribution in [0.1, 0.15) is 41.6 Å². The Labute approximate surface area is 158 Å². The smallest absolute Gasteiger partial charge is 0.251 e. The van der Waals surface area contributed by atoms with Crippen LogP contribution in [0.2, 0.25) is 0 Å². The SMILES string of the molecule is O=C(NC1CCCC1)c1ccc2c(c1)N(Cc1ccccc1)C(=O)CS2. The van der Waals surface area contributed by atoms with Gasteiger partial charge in [0.15, 0.2) is 0 Å². The molecule has 0 atom stereocenters. The van der Waals surface area contributed by atoms with E-state index >= 15 is 0 Å². The van der Waals surface area contributed by atoms with Crippen LogP contribution in [0.25, 0.3) is 0 Å². The lowest BCUT2D eigenvalue weighted by Crippen LogP contribution is -2.36. The van der Waals surface area contributed by atoms with Crippen molar-refractivity contribution < 1.29 is 9.59 Å². The first-order valence-electron chi connectivity index (χ1n) is 9.13. The van der Waals surface area contributed by atoms with E-state index in [1.807, 2.05) is 48.5 Å². The second-order valence-electron chi connectivity index (χ2n) is 6.89.